The molecule has 0 fully saturated rings. The van der Waals surface area contributed by atoms with E-state index in [0.717, 1.165) is 17.2 Å². The second-order valence-electron chi connectivity index (χ2n) is 3.93. The molecule has 1 unspecified atom stereocenters. The Balaban J connectivity index is 2.38. The number of hydrogen-bond donors (Lipinski definition) is 1. The minimum atomic E-state index is -0.789. The molecule has 0 radical (unpaired) electrons. The minimum absolute atomic E-state index is 0.298. The molecule has 0 spiro atoms. The summed E-state index contributed by atoms with van der Waals surface area (Å²) < 4.78 is 5.56. The Morgan fingerprint density at radius 2 is 2.29 bits per heavy atom. The third kappa shape index (κ3) is 1.74. The van der Waals surface area contributed by atoms with Crippen LogP contribution in [0, 0.1) is 0 Å². The molecule has 0 bridgehead atoms. The molecular formula is C10H12BBrO2. The SMILES string of the molecule is CC1(CBr)Cc2ccccc2B(O)O1. The lowest BCUT2D eigenvalue weighted by Gasteiger charge is -2.35. The Morgan fingerprint density at radius 1 is 1.57 bits per heavy atom. The predicted molar refractivity (Wildman–Crippen MR) is 61.0 cm³/mol. The summed E-state index contributed by atoms with van der Waals surface area (Å²) in [5.74, 6) is 0. The van der Waals surface area contributed by atoms with E-state index in [-0.39, 0.29) is 5.60 Å². The van der Waals surface area contributed by atoms with E-state index in [1.807, 2.05) is 31.2 Å². The van der Waals surface area contributed by atoms with Gasteiger partial charge in [-0.1, -0.05) is 40.2 Å². The Kier molecular flexibility index (Phi) is 2.69. The van der Waals surface area contributed by atoms with Crippen LogP contribution in [0.5, 0.6) is 0 Å². The van der Waals surface area contributed by atoms with Crippen LogP contribution in [0.15, 0.2) is 24.3 Å². The first-order valence-corrected chi connectivity index (χ1v) is 5.76. The highest BCUT2D eigenvalue weighted by Crippen LogP contribution is 2.24. The Morgan fingerprint density at radius 3 is 3.00 bits per heavy atom. The summed E-state index contributed by atoms with van der Waals surface area (Å²) >= 11 is 3.41. The van der Waals surface area contributed by atoms with E-state index < -0.39 is 7.12 Å². The lowest BCUT2D eigenvalue weighted by molar-refractivity contribution is 0.0879. The van der Waals surface area contributed by atoms with Crippen molar-refractivity contribution >= 4 is 28.5 Å². The van der Waals surface area contributed by atoms with Gasteiger partial charge in [0.2, 0.25) is 0 Å². The highest BCUT2D eigenvalue weighted by molar-refractivity contribution is 9.09. The van der Waals surface area contributed by atoms with Crippen molar-refractivity contribution in [1.82, 2.24) is 0 Å². The lowest BCUT2D eigenvalue weighted by atomic mass is 9.70. The van der Waals surface area contributed by atoms with E-state index in [4.69, 9.17) is 4.65 Å². The summed E-state index contributed by atoms with van der Waals surface area (Å²) in [6.45, 7) is 2.00. The van der Waals surface area contributed by atoms with Crippen LogP contribution in [0.1, 0.15) is 12.5 Å². The molecule has 1 aliphatic heterocycles. The van der Waals surface area contributed by atoms with Gasteiger partial charge in [-0.2, -0.15) is 0 Å². The number of alkyl halides is 1. The molecule has 1 aromatic rings. The van der Waals surface area contributed by atoms with Gasteiger partial charge in [-0.15, -0.1) is 0 Å². The average Bonchev–Trinajstić information content (AvgIpc) is 2.18. The molecule has 0 saturated heterocycles. The molecule has 74 valence electrons. The van der Waals surface area contributed by atoms with Gasteiger partial charge in [0.1, 0.15) is 0 Å². The van der Waals surface area contributed by atoms with Gasteiger partial charge >= 0.3 is 7.12 Å². The van der Waals surface area contributed by atoms with Crippen LogP contribution in [0.2, 0.25) is 0 Å². The Labute approximate surface area is 92.6 Å². The number of halogens is 1. The van der Waals surface area contributed by atoms with Crippen LogP contribution >= 0.6 is 15.9 Å². The summed E-state index contributed by atoms with van der Waals surface area (Å²) in [5, 5.41) is 10.5. The van der Waals surface area contributed by atoms with Gasteiger partial charge in [0.15, 0.2) is 0 Å². The minimum Gasteiger partial charge on any atom is -0.423 e. The number of fused-ring (bicyclic) bond motifs is 1. The highest BCUT2D eigenvalue weighted by atomic mass is 79.9. The summed E-state index contributed by atoms with van der Waals surface area (Å²) in [4.78, 5) is 0. The highest BCUT2D eigenvalue weighted by Gasteiger charge is 2.37. The van der Waals surface area contributed by atoms with Gasteiger partial charge in [0, 0.05) is 11.8 Å². The van der Waals surface area contributed by atoms with Crippen molar-refractivity contribution in [2.75, 3.05) is 5.33 Å². The molecule has 0 aromatic heterocycles. The molecule has 2 nitrogen and oxygen atoms in total. The van der Waals surface area contributed by atoms with Crippen molar-refractivity contribution in [2.24, 2.45) is 0 Å². The van der Waals surface area contributed by atoms with Crippen molar-refractivity contribution in [3.05, 3.63) is 29.8 Å². The summed E-state index contributed by atoms with van der Waals surface area (Å²) in [5.41, 5.74) is 1.77. The van der Waals surface area contributed by atoms with Crippen LogP contribution in [0.25, 0.3) is 0 Å². The molecule has 0 amide bonds. The largest absolute Gasteiger partial charge is 0.491 e. The van der Waals surface area contributed by atoms with Crippen molar-refractivity contribution in [3.63, 3.8) is 0 Å². The fourth-order valence-electron chi connectivity index (χ4n) is 1.79. The maximum Gasteiger partial charge on any atom is 0.491 e. The van der Waals surface area contributed by atoms with Crippen molar-refractivity contribution in [2.45, 2.75) is 18.9 Å². The van der Waals surface area contributed by atoms with Crippen LogP contribution in [0.4, 0.5) is 0 Å². The molecule has 2 rings (SSSR count). The van der Waals surface area contributed by atoms with E-state index in [9.17, 15) is 5.02 Å². The zero-order valence-electron chi connectivity index (χ0n) is 8.03. The smallest absolute Gasteiger partial charge is 0.423 e. The van der Waals surface area contributed by atoms with Gasteiger partial charge in [-0.25, -0.2) is 0 Å². The van der Waals surface area contributed by atoms with Crippen molar-refractivity contribution in [3.8, 4) is 0 Å². The van der Waals surface area contributed by atoms with E-state index in [1.54, 1.807) is 0 Å². The first-order chi connectivity index (χ1) is 6.64. The lowest BCUT2D eigenvalue weighted by Crippen LogP contribution is -2.52. The van der Waals surface area contributed by atoms with Gasteiger partial charge in [0.05, 0.1) is 5.60 Å². The number of hydrogen-bond acceptors (Lipinski definition) is 2. The third-order valence-electron chi connectivity index (χ3n) is 2.56. The van der Waals surface area contributed by atoms with E-state index in [1.165, 1.54) is 5.56 Å². The van der Waals surface area contributed by atoms with Gasteiger partial charge < -0.3 is 9.68 Å². The molecule has 1 N–H and O–H groups in total. The molecular weight excluding hydrogens is 243 g/mol. The third-order valence-corrected chi connectivity index (χ3v) is 3.75. The van der Waals surface area contributed by atoms with E-state index in [2.05, 4.69) is 15.9 Å². The maximum atomic E-state index is 9.79. The average molecular weight is 255 g/mol. The predicted octanol–water partition coefficient (Wildman–Crippen LogP) is 1.10. The normalized spacial score (nSPS) is 26.1. The van der Waals surface area contributed by atoms with Gasteiger partial charge in [-0.05, 0) is 17.9 Å². The maximum absolute atomic E-state index is 9.79. The molecule has 4 heteroatoms. The van der Waals surface area contributed by atoms with Crippen LogP contribution in [-0.2, 0) is 11.1 Å². The molecule has 0 aliphatic carbocycles. The van der Waals surface area contributed by atoms with E-state index in [0.29, 0.717) is 0 Å². The quantitative estimate of drug-likeness (QED) is 0.601. The van der Waals surface area contributed by atoms with E-state index >= 15 is 0 Å². The Hall–Kier alpha value is -0.315. The molecule has 1 heterocycles. The Bertz CT molecular complexity index is 345. The van der Waals surface area contributed by atoms with Crippen molar-refractivity contribution in [1.29, 1.82) is 0 Å². The molecule has 14 heavy (non-hydrogen) atoms. The van der Waals surface area contributed by atoms with Crippen LogP contribution in [0.3, 0.4) is 0 Å². The van der Waals surface area contributed by atoms with Crippen LogP contribution < -0.4 is 5.46 Å². The fourth-order valence-corrected chi connectivity index (χ4v) is 2.12. The molecule has 0 saturated carbocycles. The monoisotopic (exact) mass is 254 g/mol. The molecule has 1 atom stereocenters. The van der Waals surface area contributed by atoms with Gasteiger partial charge in [-0.3, -0.25) is 0 Å². The summed E-state index contributed by atoms with van der Waals surface area (Å²) in [6.07, 6.45) is 0.839. The second-order valence-corrected chi connectivity index (χ2v) is 4.49. The summed E-state index contributed by atoms with van der Waals surface area (Å²) in [7, 11) is -0.789. The van der Waals surface area contributed by atoms with Crippen LogP contribution in [-0.4, -0.2) is 23.1 Å². The first-order valence-electron chi connectivity index (χ1n) is 4.64. The second kappa shape index (κ2) is 3.68. The first kappa shape index (κ1) is 10.2. The van der Waals surface area contributed by atoms with Crippen molar-refractivity contribution < 1.29 is 9.68 Å². The fraction of sp³-hybridized carbons (Fsp3) is 0.400. The topological polar surface area (TPSA) is 29.5 Å². The van der Waals surface area contributed by atoms with Gasteiger partial charge in [0.25, 0.3) is 0 Å². The number of rotatable bonds is 1. The molecule has 1 aromatic carbocycles. The molecule has 1 aliphatic rings. The zero-order valence-corrected chi connectivity index (χ0v) is 9.62. The number of benzene rings is 1. The zero-order chi connectivity index (χ0) is 10.2. The standard InChI is InChI=1S/C10H12BBrO2/c1-10(7-12)6-8-4-2-3-5-9(8)11(13)14-10/h2-5,13H,6-7H2,1H3. The summed E-state index contributed by atoms with van der Waals surface area (Å²) in [6, 6.07) is 7.86.